The molecule has 2 amide bonds. The van der Waals surface area contributed by atoms with Gasteiger partial charge in [-0.15, -0.1) is 0 Å². The largest absolute Gasteiger partial charge is 0.334 e. The van der Waals surface area contributed by atoms with Crippen molar-refractivity contribution in [2.75, 3.05) is 18.6 Å². The summed E-state index contributed by atoms with van der Waals surface area (Å²) in [7, 11) is 1.70. The van der Waals surface area contributed by atoms with E-state index < -0.39 is 0 Å². The third kappa shape index (κ3) is 3.58. The van der Waals surface area contributed by atoms with E-state index in [2.05, 4.69) is 17.2 Å². The zero-order valence-corrected chi connectivity index (χ0v) is 13.6. The number of aryl methyl sites for hydroxylation is 1. The molecule has 0 bridgehead atoms. The van der Waals surface area contributed by atoms with Crippen LogP contribution in [0.2, 0.25) is 0 Å². The number of thioether (sulfide) groups is 1. The number of carbonyl (C=O) groups is 1. The molecule has 0 aliphatic carbocycles. The van der Waals surface area contributed by atoms with Crippen molar-refractivity contribution in [2.45, 2.75) is 32.4 Å². The molecular formula is C14H22N4O2S. The molecule has 1 aliphatic rings. The predicted octanol–water partition coefficient (Wildman–Crippen LogP) is 0.990. The minimum atomic E-state index is -0.0657. The second-order valence-corrected chi connectivity index (χ2v) is 6.18. The fourth-order valence-corrected chi connectivity index (χ4v) is 3.14. The van der Waals surface area contributed by atoms with Crippen LogP contribution in [0.4, 0.5) is 4.79 Å². The zero-order chi connectivity index (χ0) is 15.4. The molecule has 1 N–H and O–H groups in total. The summed E-state index contributed by atoms with van der Waals surface area (Å²) in [5.74, 6) is 0.908. The van der Waals surface area contributed by atoms with Crippen LogP contribution < -0.4 is 10.9 Å². The molecule has 2 rings (SSSR count). The number of amides is 2. The summed E-state index contributed by atoms with van der Waals surface area (Å²) >= 11 is 1.73. The number of hydrogen-bond donors (Lipinski definition) is 1. The van der Waals surface area contributed by atoms with Crippen molar-refractivity contribution in [3.63, 3.8) is 0 Å². The maximum Gasteiger partial charge on any atom is 0.318 e. The van der Waals surface area contributed by atoms with Crippen LogP contribution in [0, 0.1) is 0 Å². The Hall–Kier alpha value is -1.50. The third-order valence-electron chi connectivity index (χ3n) is 3.76. The molecule has 1 aliphatic heterocycles. The average molecular weight is 310 g/mol. The summed E-state index contributed by atoms with van der Waals surface area (Å²) < 4.78 is 1.49. The highest BCUT2D eigenvalue weighted by atomic mass is 32.2. The number of fused-ring (bicyclic) bond motifs is 1. The first-order valence-electron chi connectivity index (χ1n) is 7.14. The van der Waals surface area contributed by atoms with E-state index in [9.17, 15) is 9.59 Å². The van der Waals surface area contributed by atoms with E-state index in [-0.39, 0.29) is 17.6 Å². The number of aromatic nitrogens is 2. The zero-order valence-electron chi connectivity index (χ0n) is 12.8. The number of rotatable bonds is 4. The maximum atomic E-state index is 12.3. The lowest BCUT2D eigenvalue weighted by molar-refractivity contribution is 0.187. The fourth-order valence-electron chi connectivity index (χ4n) is 2.42. The van der Waals surface area contributed by atoms with Crippen molar-refractivity contribution in [2.24, 2.45) is 7.05 Å². The van der Waals surface area contributed by atoms with Crippen LogP contribution in [0.1, 0.15) is 24.6 Å². The van der Waals surface area contributed by atoms with E-state index in [4.69, 9.17) is 0 Å². The van der Waals surface area contributed by atoms with Crippen molar-refractivity contribution in [1.29, 1.82) is 0 Å². The minimum Gasteiger partial charge on any atom is -0.334 e. The Bertz CT molecular complexity index is 573. The molecule has 1 atom stereocenters. The molecule has 1 aromatic rings. The summed E-state index contributed by atoms with van der Waals surface area (Å²) in [5, 5.41) is 3.05. The molecular weight excluding hydrogens is 288 g/mol. The van der Waals surface area contributed by atoms with Gasteiger partial charge in [-0.05, 0) is 19.1 Å². The molecule has 0 radical (unpaired) electrons. The van der Waals surface area contributed by atoms with Gasteiger partial charge in [0.05, 0.1) is 18.6 Å². The van der Waals surface area contributed by atoms with E-state index in [1.807, 2.05) is 6.26 Å². The van der Waals surface area contributed by atoms with Gasteiger partial charge in [0.15, 0.2) is 0 Å². The molecule has 0 spiro atoms. The molecule has 1 aromatic heterocycles. The van der Waals surface area contributed by atoms with Crippen molar-refractivity contribution < 1.29 is 4.79 Å². The molecule has 0 saturated heterocycles. The Balaban J connectivity index is 2.06. The Morgan fingerprint density at radius 2 is 2.33 bits per heavy atom. The molecule has 0 saturated carbocycles. The first-order chi connectivity index (χ1) is 10.1. The van der Waals surface area contributed by atoms with Gasteiger partial charge in [-0.25, -0.2) is 9.78 Å². The topological polar surface area (TPSA) is 67.2 Å². The van der Waals surface area contributed by atoms with Crippen LogP contribution in [0.3, 0.4) is 0 Å². The summed E-state index contributed by atoms with van der Waals surface area (Å²) in [6.45, 7) is 3.04. The van der Waals surface area contributed by atoms with Crippen LogP contribution in [-0.4, -0.2) is 45.1 Å². The van der Waals surface area contributed by atoms with E-state index in [1.54, 1.807) is 23.7 Å². The minimum absolute atomic E-state index is 0.00567. The first kappa shape index (κ1) is 15.9. The Labute approximate surface area is 128 Å². The molecule has 2 heterocycles. The van der Waals surface area contributed by atoms with Crippen LogP contribution in [0.25, 0.3) is 0 Å². The van der Waals surface area contributed by atoms with Crippen LogP contribution in [-0.2, 0) is 20.0 Å². The van der Waals surface area contributed by atoms with E-state index in [0.717, 1.165) is 23.4 Å². The summed E-state index contributed by atoms with van der Waals surface area (Å²) in [6.07, 6.45) is 5.04. The lowest BCUT2D eigenvalue weighted by Gasteiger charge is -2.29. The summed E-state index contributed by atoms with van der Waals surface area (Å²) in [5.41, 5.74) is 1.45. The van der Waals surface area contributed by atoms with Gasteiger partial charge in [0, 0.05) is 31.0 Å². The highest BCUT2D eigenvalue weighted by molar-refractivity contribution is 7.98. The van der Waals surface area contributed by atoms with Gasteiger partial charge in [-0.2, -0.15) is 11.8 Å². The molecule has 0 unspecified atom stereocenters. The SMILES string of the molecule is CC[C@@H](CSC)NC(=O)N1CCc2c(ncn(C)c2=O)C1. The van der Waals surface area contributed by atoms with Crippen LogP contribution in [0.15, 0.2) is 11.1 Å². The van der Waals surface area contributed by atoms with Crippen LogP contribution >= 0.6 is 11.8 Å². The van der Waals surface area contributed by atoms with Gasteiger partial charge in [0.2, 0.25) is 0 Å². The maximum absolute atomic E-state index is 12.3. The lowest BCUT2D eigenvalue weighted by Crippen LogP contribution is -2.48. The predicted molar refractivity (Wildman–Crippen MR) is 84.6 cm³/mol. The number of carbonyl (C=O) groups excluding carboxylic acids is 1. The number of hydrogen-bond acceptors (Lipinski definition) is 4. The normalized spacial score (nSPS) is 15.5. The average Bonchev–Trinajstić information content (AvgIpc) is 2.50. The standard InChI is InChI=1S/C14H22N4O2S/c1-4-10(8-21-3)16-14(20)18-6-5-11-12(7-18)15-9-17(2)13(11)19/h9-10H,4-8H2,1-3H3,(H,16,20)/t10-/m0/s1. The lowest BCUT2D eigenvalue weighted by atomic mass is 10.1. The van der Waals surface area contributed by atoms with Gasteiger partial charge in [0.1, 0.15) is 0 Å². The molecule has 0 fully saturated rings. The summed E-state index contributed by atoms with van der Waals surface area (Å²) in [4.78, 5) is 30.3. The Morgan fingerprint density at radius 3 is 3.00 bits per heavy atom. The number of urea groups is 1. The monoisotopic (exact) mass is 310 g/mol. The van der Waals surface area contributed by atoms with Crippen molar-refractivity contribution in [1.82, 2.24) is 19.8 Å². The fraction of sp³-hybridized carbons (Fsp3) is 0.643. The van der Waals surface area contributed by atoms with Gasteiger partial charge >= 0.3 is 6.03 Å². The van der Waals surface area contributed by atoms with Crippen molar-refractivity contribution in [3.8, 4) is 0 Å². The van der Waals surface area contributed by atoms with Gasteiger partial charge in [-0.3, -0.25) is 4.79 Å². The van der Waals surface area contributed by atoms with Gasteiger partial charge in [-0.1, -0.05) is 6.92 Å². The molecule has 116 valence electrons. The van der Waals surface area contributed by atoms with Crippen molar-refractivity contribution >= 4 is 17.8 Å². The van der Waals surface area contributed by atoms with E-state index in [1.165, 1.54) is 10.9 Å². The Morgan fingerprint density at radius 1 is 1.57 bits per heavy atom. The molecule has 7 heteroatoms. The first-order valence-corrected chi connectivity index (χ1v) is 8.54. The van der Waals surface area contributed by atoms with E-state index in [0.29, 0.717) is 19.5 Å². The number of nitrogens with zero attached hydrogens (tertiary/aromatic N) is 3. The van der Waals surface area contributed by atoms with E-state index >= 15 is 0 Å². The van der Waals surface area contributed by atoms with Gasteiger partial charge in [0.25, 0.3) is 5.56 Å². The quantitative estimate of drug-likeness (QED) is 0.900. The Kier molecular flexibility index (Phi) is 5.27. The molecule has 21 heavy (non-hydrogen) atoms. The van der Waals surface area contributed by atoms with Crippen molar-refractivity contribution in [3.05, 3.63) is 27.9 Å². The molecule has 6 nitrogen and oxygen atoms in total. The molecule has 0 aromatic carbocycles. The van der Waals surface area contributed by atoms with Gasteiger partial charge < -0.3 is 14.8 Å². The number of nitrogens with one attached hydrogen (secondary N) is 1. The van der Waals surface area contributed by atoms with Crippen LogP contribution in [0.5, 0.6) is 0 Å². The highest BCUT2D eigenvalue weighted by Gasteiger charge is 2.25. The smallest absolute Gasteiger partial charge is 0.318 e. The third-order valence-corrected chi connectivity index (χ3v) is 4.50. The highest BCUT2D eigenvalue weighted by Crippen LogP contribution is 2.13. The summed E-state index contributed by atoms with van der Waals surface area (Å²) in [6, 6.07) is 0.120. The second-order valence-electron chi connectivity index (χ2n) is 5.27. The second kappa shape index (κ2) is 6.98.